The van der Waals surface area contributed by atoms with E-state index in [-0.39, 0.29) is 24.7 Å². The average Bonchev–Trinajstić information content (AvgIpc) is 2.82. The number of aromatic nitrogens is 2. The second-order valence-corrected chi connectivity index (χ2v) is 6.35. The zero-order chi connectivity index (χ0) is 17.9. The van der Waals surface area contributed by atoms with Crippen molar-refractivity contribution < 1.29 is 22.7 Å². The molecule has 2 heterocycles. The molecule has 1 aromatic heterocycles. The first kappa shape index (κ1) is 18.6. The van der Waals surface area contributed by atoms with E-state index in [0.717, 1.165) is 0 Å². The van der Waals surface area contributed by atoms with Crippen LogP contribution in [0.25, 0.3) is 0 Å². The molecule has 0 spiro atoms. The van der Waals surface area contributed by atoms with Crippen molar-refractivity contribution in [1.82, 2.24) is 14.7 Å². The number of carbonyl (C=O) groups is 1. The summed E-state index contributed by atoms with van der Waals surface area (Å²) in [6, 6.07) is -0.765. The summed E-state index contributed by atoms with van der Waals surface area (Å²) in [5.74, 6) is -0.0880. The first-order valence-corrected chi connectivity index (χ1v) is 7.91. The Hall–Kier alpha value is -1.77. The number of alkyl halides is 3. The van der Waals surface area contributed by atoms with Crippen LogP contribution < -0.4 is 5.32 Å². The Balaban J connectivity index is 1.88. The van der Waals surface area contributed by atoms with E-state index in [2.05, 4.69) is 10.4 Å². The Labute approximate surface area is 138 Å². The predicted octanol–water partition coefficient (Wildman–Crippen LogP) is 2.27. The second-order valence-electron chi connectivity index (χ2n) is 6.35. The quantitative estimate of drug-likeness (QED) is 0.887. The molecule has 1 amide bonds. The molecule has 9 heteroatoms. The van der Waals surface area contributed by atoms with Crippen molar-refractivity contribution in [3.8, 4) is 0 Å². The lowest BCUT2D eigenvalue weighted by atomic mass is 10.2. The lowest BCUT2D eigenvalue weighted by Gasteiger charge is -2.35. The Bertz CT molecular complexity index is 551. The molecule has 1 aromatic rings. The summed E-state index contributed by atoms with van der Waals surface area (Å²) in [5, 5.41) is 6.77. The molecule has 1 aliphatic heterocycles. The third-order valence-corrected chi connectivity index (χ3v) is 3.65. The normalized spacial score (nSPS) is 23.2. The van der Waals surface area contributed by atoms with Crippen LogP contribution in [-0.2, 0) is 16.1 Å². The fourth-order valence-corrected chi connectivity index (χ4v) is 2.83. The highest BCUT2D eigenvalue weighted by Crippen LogP contribution is 2.23. The summed E-state index contributed by atoms with van der Waals surface area (Å²) in [5.41, 5.74) is 0.461. The molecule has 1 N–H and O–H groups in total. The SMILES string of the molecule is C[C@H](CC(F)(F)F)Nc1cnn(CC(=O)N2C[C@@H](C)O[C@@H](C)C2)c1. The van der Waals surface area contributed by atoms with Gasteiger partial charge in [0.05, 0.1) is 30.5 Å². The molecule has 2 rings (SSSR count). The number of hydrogen-bond donors (Lipinski definition) is 1. The summed E-state index contributed by atoms with van der Waals surface area (Å²) < 4.78 is 44.0. The Morgan fingerprint density at radius 3 is 2.62 bits per heavy atom. The minimum absolute atomic E-state index is 0.0178. The molecule has 0 aliphatic carbocycles. The van der Waals surface area contributed by atoms with Crippen LogP contribution >= 0.6 is 0 Å². The molecule has 1 fully saturated rings. The molecule has 0 saturated carbocycles. The summed E-state index contributed by atoms with van der Waals surface area (Å²) in [6.45, 7) is 6.37. The van der Waals surface area contributed by atoms with Gasteiger partial charge in [-0.15, -0.1) is 0 Å². The van der Waals surface area contributed by atoms with E-state index in [4.69, 9.17) is 4.74 Å². The first-order valence-electron chi connectivity index (χ1n) is 7.91. The fraction of sp³-hybridized carbons (Fsp3) is 0.733. The van der Waals surface area contributed by atoms with E-state index in [0.29, 0.717) is 18.8 Å². The van der Waals surface area contributed by atoms with Crippen LogP contribution in [0.3, 0.4) is 0 Å². The van der Waals surface area contributed by atoms with E-state index in [1.54, 1.807) is 4.90 Å². The highest BCUT2D eigenvalue weighted by atomic mass is 19.4. The lowest BCUT2D eigenvalue weighted by Crippen LogP contribution is -2.49. The van der Waals surface area contributed by atoms with Gasteiger partial charge >= 0.3 is 6.18 Å². The number of ether oxygens (including phenoxy) is 1. The van der Waals surface area contributed by atoms with Gasteiger partial charge in [-0.2, -0.15) is 18.3 Å². The van der Waals surface area contributed by atoms with Crippen LogP contribution in [0.2, 0.25) is 0 Å². The van der Waals surface area contributed by atoms with E-state index in [1.165, 1.54) is 24.0 Å². The summed E-state index contributed by atoms with van der Waals surface area (Å²) in [4.78, 5) is 14.0. The molecular formula is C15H23F3N4O2. The predicted molar refractivity (Wildman–Crippen MR) is 82.6 cm³/mol. The number of hydrogen-bond acceptors (Lipinski definition) is 4. The average molecular weight is 348 g/mol. The van der Waals surface area contributed by atoms with Gasteiger partial charge in [0.2, 0.25) is 5.91 Å². The number of halogens is 3. The fourth-order valence-electron chi connectivity index (χ4n) is 2.83. The lowest BCUT2D eigenvalue weighted by molar-refractivity contribution is -0.144. The number of amides is 1. The van der Waals surface area contributed by atoms with Crippen molar-refractivity contribution >= 4 is 11.6 Å². The van der Waals surface area contributed by atoms with Crippen molar-refractivity contribution in [3.05, 3.63) is 12.4 Å². The molecule has 6 nitrogen and oxygen atoms in total. The van der Waals surface area contributed by atoms with Gasteiger partial charge in [-0.05, 0) is 20.8 Å². The van der Waals surface area contributed by atoms with E-state index in [1.807, 2.05) is 13.8 Å². The molecule has 24 heavy (non-hydrogen) atoms. The topological polar surface area (TPSA) is 59.4 Å². The maximum absolute atomic E-state index is 12.3. The second kappa shape index (κ2) is 7.42. The molecule has 3 atom stereocenters. The Morgan fingerprint density at radius 1 is 1.42 bits per heavy atom. The third-order valence-electron chi connectivity index (χ3n) is 3.65. The van der Waals surface area contributed by atoms with Gasteiger partial charge in [0, 0.05) is 25.3 Å². The maximum Gasteiger partial charge on any atom is 0.391 e. The van der Waals surface area contributed by atoms with Crippen LogP contribution in [0.4, 0.5) is 18.9 Å². The minimum Gasteiger partial charge on any atom is -0.380 e. The Morgan fingerprint density at radius 2 is 2.04 bits per heavy atom. The first-order chi connectivity index (χ1) is 11.1. The maximum atomic E-state index is 12.3. The van der Waals surface area contributed by atoms with Gasteiger partial charge < -0.3 is 15.0 Å². The molecule has 1 saturated heterocycles. The monoisotopic (exact) mass is 348 g/mol. The zero-order valence-corrected chi connectivity index (χ0v) is 14.0. The van der Waals surface area contributed by atoms with Crippen LogP contribution in [0.5, 0.6) is 0 Å². The van der Waals surface area contributed by atoms with Gasteiger partial charge in [-0.25, -0.2) is 0 Å². The number of carbonyl (C=O) groups excluding carboxylic acids is 1. The van der Waals surface area contributed by atoms with Crippen molar-refractivity contribution in [1.29, 1.82) is 0 Å². The van der Waals surface area contributed by atoms with Gasteiger partial charge in [0.1, 0.15) is 6.54 Å². The van der Waals surface area contributed by atoms with Crippen LogP contribution in [0.15, 0.2) is 12.4 Å². The van der Waals surface area contributed by atoms with Crippen LogP contribution in [0.1, 0.15) is 27.2 Å². The van der Waals surface area contributed by atoms with Crippen molar-refractivity contribution in [2.75, 3.05) is 18.4 Å². The van der Waals surface area contributed by atoms with E-state index >= 15 is 0 Å². The number of anilines is 1. The minimum atomic E-state index is -4.22. The van der Waals surface area contributed by atoms with Crippen molar-refractivity contribution in [3.63, 3.8) is 0 Å². The van der Waals surface area contributed by atoms with Gasteiger partial charge in [-0.1, -0.05) is 0 Å². The standard InChI is InChI=1S/C15H23F3N4O2/c1-10(4-15(16,17)18)20-13-5-19-22(8-13)9-14(23)21-6-11(2)24-12(3)7-21/h5,8,10-12,20H,4,6-7,9H2,1-3H3/t10-,11-,12+/m1/s1. The smallest absolute Gasteiger partial charge is 0.380 e. The van der Waals surface area contributed by atoms with Gasteiger partial charge in [0.25, 0.3) is 0 Å². The van der Waals surface area contributed by atoms with Crippen LogP contribution in [0, 0.1) is 0 Å². The third kappa shape index (κ3) is 5.70. The highest BCUT2D eigenvalue weighted by molar-refractivity contribution is 5.76. The van der Waals surface area contributed by atoms with Gasteiger partial charge in [0.15, 0.2) is 0 Å². The molecule has 0 aromatic carbocycles. The summed E-state index contributed by atoms with van der Waals surface area (Å²) in [7, 11) is 0. The summed E-state index contributed by atoms with van der Waals surface area (Å²) >= 11 is 0. The van der Waals surface area contributed by atoms with Crippen molar-refractivity contribution in [2.45, 2.75) is 58.2 Å². The zero-order valence-electron chi connectivity index (χ0n) is 14.0. The van der Waals surface area contributed by atoms with Gasteiger partial charge in [-0.3, -0.25) is 9.48 Å². The number of nitrogens with one attached hydrogen (secondary N) is 1. The number of rotatable bonds is 5. The molecule has 0 unspecified atom stereocenters. The number of morpholine rings is 1. The largest absolute Gasteiger partial charge is 0.391 e. The molecule has 136 valence electrons. The molecule has 0 radical (unpaired) electrons. The summed E-state index contributed by atoms with van der Waals surface area (Å²) in [6.07, 6.45) is -2.22. The Kier molecular flexibility index (Phi) is 5.74. The van der Waals surface area contributed by atoms with E-state index in [9.17, 15) is 18.0 Å². The molecule has 0 bridgehead atoms. The molecular weight excluding hydrogens is 325 g/mol. The van der Waals surface area contributed by atoms with E-state index < -0.39 is 18.6 Å². The van der Waals surface area contributed by atoms with Crippen LogP contribution in [-0.4, -0.2) is 58.1 Å². The number of nitrogens with zero attached hydrogens (tertiary/aromatic N) is 3. The molecule has 1 aliphatic rings. The van der Waals surface area contributed by atoms with Crippen molar-refractivity contribution in [2.24, 2.45) is 0 Å². The highest BCUT2D eigenvalue weighted by Gasteiger charge is 2.30.